The van der Waals surface area contributed by atoms with E-state index in [4.69, 9.17) is 20.4 Å². The van der Waals surface area contributed by atoms with Crippen molar-refractivity contribution in [3.05, 3.63) is 83.6 Å². The number of hydrogen-bond acceptors (Lipinski definition) is 7. The van der Waals surface area contributed by atoms with Crippen LogP contribution in [-0.4, -0.2) is 79.4 Å². The number of imidazole rings is 2. The van der Waals surface area contributed by atoms with Gasteiger partial charge >= 0.3 is 6.09 Å². The number of hydrogen-bond donors (Lipinski definition) is 4. The van der Waals surface area contributed by atoms with Crippen LogP contribution in [0.4, 0.5) is 13.6 Å². The van der Waals surface area contributed by atoms with Crippen molar-refractivity contribution in [3.63, 3.8) is 0 Å². The number of carbonyl (C=O) groups is 3. The Morgan fingerprint density at radius 3 is 2.26 bits per heavy atom. The van der Waals surface area contributed by atoms with Gasteiger partial charge in [0.2, 0.25) is 11.8 Å². The van der Waals surface area contributed by atoms with Crippen LogP contribution in [0.2, 0.25) is 0 Å². The SMILES string of the molecule is COC(=O)NC(C(=O)N1CC2(CC2)CC1c1ncc(-c2ccc3c(c2)C(F)(F)c2cc(-c4ccc5nc([C@@H]6C7CCC(C7)N6C(=O)[C@@H](N)C(C)C)[nH]c5c4)ccc2-3)[nH]1)C(C)C. The van der Waals surface area contributed by atoms with Gasteiger partial charge in [-0.25, -0.2) is 14.8 Å². The van der Waals surface area contributed by atoms with Crippen LogP contribution in [0.5, 0.6) is 0 Å². The van der Waals surface area contributed by atoms with E-state index in [1.54, 1.807) is 24.4 Å². The lowest BCUT2D eigenvalue weighted by atomic mass is 9.96. The highest BCUT2D eigenvalue weighted by Crippen LogP contribution is 2.59. The number of benzene rings is 3. The van der Waals surface area contributed by atoms with Crippen LogP contribution >= 0.6 is 0 Å². The highest BCUT2D eigenvalue weighted by Gasteiger charge is 2.55. The lowest BCUT2D eigenvalue weighted by Crippen LogP contribution is -2.51. The fraction of sp³-hybridized carbons (Fsp3) is 0.468. The molecule has 2 aliphatic heterocycles. The minimum absolute atomic E-state index is 0.0220. The summed E-state index contributed by atoms with van der Waals surface area (Å²) in [4.78, 5) is 60.0. The van der Waals surface area contributed by atoms with Crippen molar-refractivity contribution < 1.29 is 27.9 Å². The monoisotopic (exact) mass is 830 g/mol. The summed E-state index contributed by atoms with van der Waals surface area (Å²) in [5.41, 5.74) is 11.3. The number of halogens is 2. The Morgan fingerprint density at radius 2 is 1.57 bits per heavy atom. The first-order valence-corrected chi connectivity index (χ1v) is 21.6. The summed E-state index contributed by atoms with van der Waals surface area (Å²) >= 11 is 0. The third-order valence-electron chi connectivity index (χ3n) is 14.3. The van der Waals surface area contributed by atoms with Crippen LogP contribution in [0.3, 0.4) is 0 Å². The van der Waals surface area contributed by atoms with Crippen molar-refractivity contribution in [3.8, 4) is 33.5 Å². The van der Waals surface area contributed by atoms with E-state index in [9.17, 15) is 14.4 Å². The Morgan fingerprint density at radius 1 is 0.885 bits per heavy atom. The number of fused-ring (bicyclic) bond motifs is 6. The van der Waals surface area contributed by atoms with E-state index >= 15 is 8.78 Å². The maximum Gasteiger partial charge on any atom is 0.407 e. The molecule has 4 fully saturated rings. The molecule has 2 saturated carbocycles. The molecule has 3 aromatic carbocycles. The maximum absolute atomic E-state index is 16.6. The maximum atomic E-state index is 16.6. The summed E-state index contributed by atoms with van der Waals surface area (Å²) in [5.74, 6) is -1.99. The zero-order chi connectivity index (χ0) is 42.7. The summed E-state index contributed by atoms with van der Waals surface area (Å²) in [6, 6.07) is 14.4. The van der Waals surface area contributed by atoms with Crippen molar-refractivity contribution in [1.29, 1.82) is 0 Å². The Balaban J connectivity index is 0.904. The summed E-state index contributed by atoms with van der Waals surface area (Å²) in [5, 5.41) is 2.70. The number of piperidine rings is 1. The number of alkyl halides is 2. The third-order valence-corrected chi connectivity index (χ3v) is 14.3. The molecule has 1 spiro atoms. The molecule has 10 rings (SSSR count). The Kier molecular flexibility index (Phi) is 9.21. The number of H-pyrrole nitrogens is 2. The smallest absolute Gasteiger partial charge is 0.407 e. The molecule has 318 valence electrons. The fourth-order valence-corrected chi connectivity index (χ4v) is 10.6. The second-order valence-corrected chi connectivity index (χ2v) is 18.9. The van der Waals surface area contributed by atoms with E-state index in [0.717, 1.165) is 60.9 Å². The van der Waals surface area contributed by atoms with E-state index in [1.807, 2.05) is 67.8 Å². The number of ether oxygens (including phenoxy) is 1. The first kappa shape index (κ1) is 39.5. The van der Waals surface area contributed by atoms with E-state index in [-0.39, 0.29) is 58.3 Å². The Labute approximate surface area is 353 Å². The minimum Gasteiger partial charge on any atom is -0.453 e. The van der Waals surface area contributed by atoms with Gasteiger partial charge in [0.05, 0.1) is 48.2 Å². The summed E-state index contributed by atoms with van der Waals surface area (Å²) in [6.07, 6.45) is 6.69. The van der Waals surface area contributed by atoms with Crippen LogP contribution in [0, 0.1) is 23.2 Å². The largest absolute Gasteiger partial charge is 0.453 e. The zero-order valence-corrected chi connectivity index (χ0v) is 35.1. The quantitative estimate of drug-likeness (QED) is 0.116. The Hall–Kier alpha value is -5.63. The number of methoxy groups -OCH3 is 1. The molecular formula is C47H52F2N8O4. The molecule has 12 nitrogen and oxygen atoms in total. The highest BCUT2D eigenvalue weighted by molar-refractivity contribution is 5.88. The van der Waals surface area contributed by atoms with Crippen molar-refractivity contribution in [2.75, 3.05) is 13.7 Å². The normalized spacial score (nSPS) is 23.8. The number of aromatic amines is 2. The number of alkyl carbamates (subject to hydrolysis) is 1. The van der Waals surface area contributed by atoms with E-state index < -0.39 is 24.1 Å². The van der Waals surface area contributed by atoms with Crippen molar-refractivity contribution in [2.45, 2.75) is 102 Å². The van der Waals surface area contributed by atoms with Crippen LogP contribution in [0.25, 0.3) is 44.5 Å². The molecule has 3 aliphatic carbocycles. The summed E-state index contributed by atoms with van der Waals surface area (Å²) < 4.78 is 38.0. The molecule has 3 amide bonds. The van der Waals surface area contributed by atoms with Crippen molar-refractivity contribution in [2.24, 2.45) is 28.9 Å². The number of likely N-dealkylation sites (tertiary alicyclic amines) is 2. The number of amides is 3. The van der Waals surface area contributed by atoms with Gasteiger partial charge in [-0.05, 0) is 108 Å². The number of nitrogens with two attached hydrogens (primary N) is 1. The molecule has 14 heteroatoms. The molecule has 5 N–H and O–H groups in total. The second kappa shape index (κ2) is 14.2. The van der Waals surface area contributed by atoms with Crippen LogP contribution in [0.15, 0.2) is 60.8 Å². The molecule has 4 unspecified atom stereocenters. The zero-order valence-electron chi connectivity index (χ0n) is 35.1. The van der Waals surface area contributed by atoms with Crippen LogP contribution < -0.4 is 11.1 Å². The van der Waals surface area contributed by atoms with E-state index in [0.29, 0.717) is 46.2 Å². The average Bonchev–Trinajstić information content (AvgIpc) is 3.90. The predicted molar refractivity (Wildman–Crippen MR) is 226 cm³/mol. The lowest BCUT2D eigenvalue weighted by molar-refractivity contribution is -0.138. The first-order chi connectivity index (χ1) is 29.2. The van der Waals surface area contributed by atoms with Gasteiger partial charge in [0.25, 0.3) is 5.92 Å². The summed E-state index contributed by atoms with van der Waals surface area (Å²) in [7, 11) is 1.27. The van der Waals surface area contributed by atoms with Gasteiger partial charge in [0.1, 0.15) is 17.7 Å². The number of aromatic nitrogens is 4. The molecule has 61 heavy (non-hydrogen) atoms. The highest BCUT2D eigenvalue weighted by atomic mass is 19.3. The lowest BCUT2D eigenvalue weighted by Gasteiger charge is -2.36. The third kappa shape index (κ3) is 6.42. The molecule has 2 saturated heterocycles. The average molecular weight is 831 g/mol. The van der Waals surface area contributed by atoms with Gasteiger partial charge in [-0.3, -0.25) is 9.59 Å². The van der Waals surface area contributed by atoms with Crippen molar-refractivity contribution >= 4 is 28.9 Å². The predicted octanol–water partition coefficient (Wildman–Crippen LogP) is 8.21. The Bertz CT molecular complexity index is 2600. The van der Waals surface area contributed by atoms with Crippen molar-refractivity contribution in [1.82, 2.24) is 35.1 Å². The van der Waals surface area contributed by atoms with Gasteiger partial charge in [-0.1, -0.05) is 58.0 Å². The molecule has 4 heterocycles. The number of rotatable bonds is 9. The van der Waals surface area contributed by atoms with Crippen LogP contribution in [-0.2, 0) is 20.2 Å². The minimum atomic E-state index is -3.26. The van der Waals surface area contributed by atoms with Gasteiger partial charge in [-0.15, -0.1) is 0 Å². The fourth-order valence-electron chi connectivity index (χ4n) is 10.6. The van der Waals surface area contributed by atoms with Gasteiger partial charge in [-0.2, -0.15) is 8.78 Å². The van der Waals surface area contributed by atoms with Gasteiger partial charge < -0.3 is 35.6 Å². The number of nitrogens with zero attached hydrogens (tertiary/aromatic N) is 4. The molecular weight excluding hydrogens is 779 g/mol. The van der Waals surface area contributed by atoms with E-state index in [1.165, 1.54) is 13.2 Å². The molecule has 2 aromatic heterocycles. The molecule has 5 aliphatic rings. The summed E-state index contributed by atoms with van der Waals surface area (Å²) in [6.45, 7) is 8.25. The standard InChI is InChI=1S/C47H52F2N8O4/c1-23(2)38(50)43(58)57-29-10-6-28(16-29)40(57)42-52-34-13-9-26(19-35(34)53-42)25-7-11-30-31-12-8-27(18-33(31)47(48,49)32(30)17-25)36-21-51-41(54-36)37-20-46(14-15-46)22-56(37)44(59)39(24(3)4)55-45(60)61-5/h7-9,11-13,17-19,21,23-24,28-29,37-40H,6,10,14-16,20,22,50H2,1-5H3,(H,51,54)(H,52,53)(H,55,60)/t28?,29?,37?,38-,39?,40-/m0/s1. The van der Waals surface area contributed by atoms with E-state index in [2.05, 4.69) is 15.3 Å². The van der Waals surface area contributed by atoms with Crippen LogP contribution in [0.1, 0.15) is 101 Å². The van der Waals surface area contributed by atoms with Gasteiger partial charge in [0, 0.05) is 29.3 Å². The molecule has 5 aromatic rings. The second-order valence-electron chi connectivity index (χ2n) is 18.9. The molecule has 0 radical (unpaired) electrons. The number of carbonyl (C=O) groups excluding carboxylic acids is 3. The topological polar surface area (TPSA) is 162 Å². The first-order valence-electron chi connectivity index (χ1n) is 21.6. The van der Waals surface area contributed by atoms with Gasteiger partial charge in [0.15, 0.2) is 0 Å². The molecule has 6 atom stereocenters. The molecule has 2 bridgehead atoms. The number of nitrogens with one attached hydrogen (secondary N) is 3.